The lowest BCUT2D eigenvalue weighted by molar-refractivity contribution is 1.74. The molecule has 0 nitrogen and oxygen atoms in total. The highest BCUT2D eigenvalue weighted by molar-refractivity contribution is 6.32. The molecule has 3 rings (SSSR count). The molecule has 16 heavy (non-hydrogen) atoms. The third kappa shape index (κ3) is 1.55. The molecule has 76 valence electrons. The molecule has 0 aliphatic carbocycles. The molecule has 0 amide bonds. The number of halogens is 2. The van der Waals surface area contributed by atoms with Gasteiger partial charge in [-0.1, -0.05) is 41.4 Å². The maximum Gasteiger partial charge on any atom is 0.0491 e. The molecule has 2 heteroatoms. The van der Waals surface area contributed by atoms with Crippen molar-refractivity contribution in [1.29, 1.82) is 0 Å². The Morgan fingerprint density at radius 1 is 0.875 bits per heavy atom. The van der Waals surface area contributed by atoms with Crippen molar-refractivity contribution in [2.24, 2.45) is 0 Å². The second kappa shape index (κ2) is 3.65. The van der Waals surface area contributed by atoms with Crippen LogP contribution >= 0.6 is 23.2 Å². The molecule has 0 saturated heterocycles. The Hall–Kier alpha value is -1.24. The Balaban J connectivity index is 2.50. The van der Waals surface area contributed by atoms with Gasteiger partial charge in [0.2, 0.25) is 0 Å². The highest BCUT2D eigenvalue weighted by atomic mass is 35.5. The summed E-state index contributed by atoms with van der Waals surface area (Å²) < 4.78 is 0. The molecule has 3 aromatic rings. The predicted octanol–water partition coefficient (Wildman–Crippen LogP) is 4.90. The van der Waals surface area contributed by atoms with Crippen LogP contribution in [0.25, 0.3) is 21.5 Å². The van der Waals surface area contributed by atoms with Crippen molar-refractivity contribution in [1.82, 2.24) is 0 Å². The minimum Gasteiger partial charge on any atom is -0.0836 e. The summed E-state index contributed by atoms with van der Waals surface area (Å²) in [5.74, 6) is 0. The van der Waals surface area contributed by atoms with Gasteiger partial charge in [0.1, 0.15) is 0 Å². The monoisotopic (exact) mass is 244 g/mol. The fourth-order valence-electron chi connectivity index (χ4n) is 1.87. The van der Waals surface area contributed by atoms with Gasteiger partial charge in [-0.05, 0) is 39.7 Å². The molecule has 0 spiro atoms. The minimum atomic E-state index is 0.629. The average molecular weight is 245 g/mol. The molecular formula is C14H6Cl2. The average Bonchev–Trinajstić information content (AvgIpc) is 2.28. The van der Waals surface area contributed by atoms with Crippen LogP contribution in [0.2, 0.25) is 10.0 Å². The first kappa shape index (κ1) is 9.95. The molecule has 0 N–H and O–H groups in total. The van der Waals surface area contributed by atoms with Crippen molar-refractivity contribution >= 4 is 44.7 Å². The molecular weight excluding hydrogens is 239 g/mol. The van der Waals surface area contributed by atoms with E-state index in [1.165, 1.54) is 0 Å². The van der Waals surface area contributed by atoms with Crippen molar-refractivity contribution in [3.05, 3.63) is 58.6 Å². The first-order chi connectivity index (χ1) is 7.74. The summed E-state index contributed by atoms with van der Waals surface area (Å²) in [5, 5.41) is 5.61. The number of hydrogen-bond acceptors (Lipinski definition) is 0. The summed E-state index contributed by atoms with van der Waals surface area (Å²) in [6.45, 7) is 0. The highest BCUT2D eigenvalue weighted by Crippen LogP contribution is 2.28. The zero-order valence-electron chi connectivity index (χ0n) is 8.22. The van der Waals surface area contributed by atoms with E-state index in [1.807, 2.05) is 36.4 Å². The summed E-state index contributed by atoms with van der Waals surface area (Å²) in [7, 11) is 0. The number of fused-ring (bicyclic) bond motifs is 3. The van der Waals surface area contributed by atoms with E-state index in [0.717, 1.165) is 21.5 Å². The zero-order chi connectivity index (χ0) is 11.1. The van der Waals surface area contributed by atoms with Crippen molar-refractivity contribution in [2.45, 2.75) is 0 Å². The second-order valence-corrected chi connectivity index (χ2v) is 4.43. The van der Waals surface area contributed by atoms with E-state index < -0.39 is 0 Å². The fourth-order valence-corrected chi connectivity index (χ4v) is 2.21. The van der Waals surface area contributed by atoms with Crippen LogP contribution in [0.5, 0.6) is 0 Å². The summed E-state index contributed by atoms with van der Waals surface area (Å²) in [6, 6.07) is 17.8. The molecule has 0 fully saturated rings. The summed E-state index contributed by atoms with van der Waals surface area (Å²) in [6.07, 6.45) is 0. The fraction of sp³-hybridized carbons (Fsp3) is 0. The standard InChI is InChI=1S/C14H6Cl2/c15-11-3-5-13-9(7-11)1-2-10-8-12(16)4-6-14(10)13/h1-3,5-6,8H. The molecule has 3 aromatic carbocycles. The molecule has 0 unspecified atom stereocenters. The maximum absolute atomic E-state index is 5.91. The van der Waals surface area contributed by atoms with E-state index in [-0.39, 0.29) is 0 Å². The topological polar surface area (TPSA) is 0 Å². The van der Waals surface area contributed by atoms with Gasteiger partial charge in [-0.3, -0.25) is 0 Å². The van der Waals surface area contributed by atoms with Crippen LogP contribution in [0.4, 0.5) is 0 Å². The van der Waals surface area contributed by atoms with E-state index in [4.69, 9.17) is 23.2 Å². The Bertz CT molecular complexity index is 626. The van der Waals surface area contributed by atoms with Crippen LogP contribution in [0, 0.1) is 12.1 Å². The maximum atomic E-state index is 5.91. The molecule has 0 aliphatic heterocycles. The normalized spacial score (nSPS) is 11.1. The molecule has 0 aromatic heterocycles. The van der Waals surface area contributed by atoms with E-state index in [0.29, 0.717) is 10.0 Å². The van der Waals surface area contributed by atoms with Gasteiger partial charge in [0.25, 0.3) is 0 Å². The SMILES string of the molecule is Clc1[c]c2ccc3cc(Cl)[c]cc3c2cc1. The van der Waals surface area contributed by atoms with Crippen molar-refractivity contribution < 1.29 is 0 Å². The smallest absolute Gasteiger partial charge is 0.0491 e. The third-order valence-corrected chi connectivity index (χ3v) is 3.05. The molecule has 0 saturated carbocycles. The second-order valence-electron chi connectivity index (χ2n) is 3.62. The van der Waals surface area contributed by atoms with Gasteiger partial charge >= 0.3 is 0 Å². The van der Waals surface area contributed by atoms with Gasteiger partial charge in [-0.15, -0.1) is 0 Å². The van der Waals surface area contributed by atoms with Crippen molar-refractivity contribution in [2.75, 3.05) is 0 Å². The van der Waals surface area contributed by atoms with Crippen molar-refractivity contribution in [3.8, 4) is 0 Å². The Morgan fingerprint density at radius 3 is 2.62 bits per heavy atom. The largest absolute Gasteiger partial charge is 0.0836 e. The van der Waals surface area contributed by atoms with E-state index in [9.17, 15) is 0 Å². The Morgan fingerprint density at radius 2 is 1.75 bits per heavy atom. The summed E-state index contributed by atoms with van der Waals surface area (Å²) >= 11 is 11.8. The van der Waals surface area contributed by atoms with Gasteiger partial charge < -0.3 is 0 Å². The highest BCUT2D eigenvalue weighted by Gasteiger charge is 2.02. The predicted molar refractivity (Wildman–Crippen MR) is 69.1 cm³/mol. The first-order valence-electron chi connectivity index (χ1n) is 4.85. The van der Waals surface area contributed by atoms with Crippen LogP contribution in [-0.4, -0.2) is 0 Å². The third-order valence-electron chi connectivity index (χ3n) is 2.61. The number of hydrogen-bond donors (Lipinski definition) is 0. The van der Waals surface area contributed by atoms with Crippen LogP contribution in [-0.2, 0) is 0 Å². The van der Waals surface area contributed by atoms with Gasteiger partial charge in [0.15, 0.2) is 0 Å². The Kier molecular flexibility index (Phi) is 2.27. The van der Waals surface area contributed by atoms with Gasteiger partial charge in [0, 0.05) is 22.2 Å². The van der Waals surface area contributed by atoms with E-state index in [1.54, 1.807) is 0 Å². The van der Waals surface area contributed by atoms with Crippen LogP contribution < -0.4 is 0 Å². The quantitative estimate of drug-likeness (QED) is 0.494. The van der Waals surface area contributed by atoms with Gasteiger partial charge in [0.05, 0.1) is 0 Å². The van der Waals surface area contributed by atoms with Crippen molar-refractivity contribution in [3.63, 3.8) is 0 Å². The zero-order valence-corrected chi connectivity index (χ0v) is 9.73. The molecule has 0 bridgehead atoms. The van der Waals surface area contributed by atoms with Crippen LogP contribution in [0.15, 0.2) is 36.4 Å². The van der Waals surface area contributed by atoms with Crippen LogP contribution in [0.1, 0.15) is 0 Å². The van der Waals surface area contributed by atoms with Gasteiger partial charge in [-0.2, -0.15) is 0 Å². The minimum absolute atomic E-state index is 0.629. The van der Waals surface area contributed by atoms with Crippen LogP contribution in [0.3, 0.4) is 0 Å². The molecule has 0 heterocycles. The Labute approximate surface area is 103 Å². The lowest BCUT2D eigenvalue weighted by atomic mass is 10.0. The lowest BCUT2D eigenvalue weighted by Crippen LogP contribution is -1.78. The van der Waals surface area contributed by atoms with Gasteiger partial charge in [-0.25, -0.2) is 0 Å². The van der Waals surface area contributed by atoms with E-state index >= 15 is 0 Å². The lowest BCUT2D eigenvalue weighted by Gasteiger charge is -2.04. The molecule has 0 atom stereocenters. The summed E-state index contributed by atoms with van der Waals surface area (Å²) in [4.78, 5) is 0. The molecule has 2 radical (unpaired) electrons. The number of benzene rings is 3. The van der Waals surface area contributed by atoms with E-state index in [2.05, 4.69) is 12.1 Å². The summed E-state index contributed by atoms with van der Waals surface area (Å²) in [5.41, 5.74) is 0. The first-order valence-corrected chi connectivity index (χ1v) is 5.61. The number of rotatable bonds is 0. The molecule has 0 aliphatic rings.